The molecule has 0 radical (unpaired) electrons. The van der Waals surface area contributed by atoms with Gasteiger partial charge in [0.25, 0.3) is 5.91 Å². The molecule has 5 nitrogen and oxygen atoms in total. The van der Waals surface area contributed by atoms with Crippen molar-refractivity contribution in [1.29, 1.82) is 0 Å². The van der Waals surface area contributed by atoms with Crippen molar-refractivity contribution in [1.82, 2.24) is 20.2 Å². The van der Waals surface area contributed by atoms with E-state index in [9.17, 15) is 4.79 Å². The van der Waals surface area contributed by atoms with E-state index in [4.69, 9.17) is 0 Å². The Labute approximate surface area is 153 Å². The van der Waals surface area contributed by atoms with Crippen molar-refractivity contribution in [3.63, 3.8) is 0 Å². The van der Waals surface area contributed by atoms with Gasteiger partial charge in [-0.25, -0.2) is 4.98 Å². The Kier molecular flexibility index (Phi) is 4.97. The Bertz CT molecular complexity index is 878. The Balaban J connectivity index is 1.32. The summed E-state index contributed by atoms with van der Waals surface area (Å²) in [5, 5.41) is 2.99. The molecule has 2 aromatic carbocycles. The van der Waals surface area contributed by atoms with E-state index in [0.29, 0.717) is 12.1 Å². The van der Waals surface area contributed by atoms with Gasteiger partial charge in [-0.2, -0.15) is 0 Å². The van der Waals surface area contributed by atoms with Crippen molar-refractivity contribution in [3.8, 4) is 0 Å². The summed E-state index contributed by atoms with van der Waals surface area (Å²) in [6, 6.07) is 14.1. The van der Waals surface area contributed by atoms with Crippen LogP contribution in [-0.4, -0.2) is 33.9 Å². The number of likely N-dealkylation sites (tertiary alicyclic amines) is 1. The van der Waals surface area contributed by atoms with Crippen molar-refractivity contribution in [3.05, 3.63) is 65.5 Å². The highest BCUT2D eigenvalue weighted by molar-refractivity contribution is 5.97. The van der Waals surface area contributed by atoms with Crippen LogP contribution in [0.2, 0.25) is 0 Å². The number of nitrogens with zero attached hydrogens (tertiary/aromatic N) is 2. The van der Waals surface area contributed by atoms with Gasteiger partial charge in [-0.3, -0.25) is 9.69 Å². The number of hydrogen-bond acceptors (Lipinski definition) is 3. The average molecular weight is 348 g/mol. The van der Waals surface area contributed by atoms with Crippen molar-refractivity contribution in [2.45, 2.75) is 32.4 Å². The van der Waals surface area contributed by atoms with Crippen LogP contribution in [0.15, 0.2) is 48.8 Å². The summed E-state index contributed by atoms with van der Waals surface area (Å²) in [5.74, 6) is -0.0705. The quantitative estimate of drug-likeness (QED) is 0.742. The fourth-order valence-electron chi connectivity index (χ4n) is 3.50. The Morgan fingerprint density at radius 3 is 2.62 bits per heavy atom. The minimum atomic E-state index is -0.0705. The second-order valence-electron chi connectivity index (χ2n) is 6.97. The van der Waals surface area contributed by atoms with Crippen LogP contribution in [0.1, 0.15) is 40.7 Å². The molecule has 2 heterocycles. The van der Waals surface area contributed by atoms with Crippen molar-refractivity contribution < 1.29 is 4.79 Å². The molecule has 0 saturated carbocycles. The molecule has 1 fully saturated rings. The third-order valence-electron chi connectivity index (χ3n) is 5.01. The van der Waals surface area contributed by atoms with Gasteiger partial charge in [0.1, 0.15) is 0 Å². The number of piperidine rings is 1. The molecule has 0 spiro atoms. The number of rotatable bonds is 5. The average Bonchev–Trinajstić information content (AvgIpc) is 3.16. The highest BCUT2D eigenvalue weighted by atomic mass is 16.1. The van der Waals surface area contributed by atoms with Crippen LogP contribution < -0.4 is 5.32 Å². The van der Waals surface area contributed by atoms with Crippen LogP contribution in [0.25, 0.3) is 11.0 Å². The number of imidazole rings is 1. The molecule has 0 atom stereocenters. The number of amides is 1. The highest BCUT2D eigenvalue weighted by Crippen LogP contribution is 2.14. The summed E-state index contributed by atoms with van der Waals surface area (Å²) >= 11 is 0. The predicted octanol–water partition coefficient (Wildman–Crippen LogP) is 3.48. The molecule has 2 N–H and O–H groups in total. The van der Waals surface area contributed by atoms with Crippen LogP contribution >= 0.6 is 0 Å². The topological polar surface area (TPSA) is 61.0 Å². The van der Waals surface area contributed by atoms with Gasteiger partial charge in [0.15, 0.2) is 0 Å². The van der Waals surface area contributed by atoms with Gasteiger partial charge in [-0.1, -0.05) is 30.7 Å². The van der Waals surface area contributed by atoms with E-state index < -0.39 is 0 Å². The molecule has 5 heteroatoms. The molecule has 1 aromatic heterocycles. The van der Waals surface area contributed by atoms with E-state index in [0.717, 1.165) is 23.1 Å². The number of nitrogens with one attached hydrogen (secondary N) is 2. The van der Waals surface area contributed by atoms with E-state index in [1.807, 2.05) is 12.1 Å². The van der Waals surface area contributed by atoms with E-state index >= 15 is 0 Å². The third kappa shape index (κ3) is 3.94. The van der Waals surface area contributed by atoms with Crippen LogP contribution in [0.5, 0.6) is 0 Å². The van der Waals surface area contributed by atoms with Crippen LogP contribution in [0.4, 0.5) is 0 Å². The Hall–Kier alpha value is -2.66. The minimum Gasteiger partial charge on any atom is -0.348 e. The first-order chi connectivity index (χ1) is 12.8. The fourth-order valence-corrected chi connectivity index (χ4v) is 3.50. The highest BCUT2D eigenvalue weighted by Gasteiger charge is 2.10. The maximum absolute atomic E-state index is 12.4. The normalized spacial score (nSPS) is 15.2. The first-order valence-corrected chi connectivity index (χ1v) is 9.29. The maximum atomic E-state index is 12.4. The lowest BCUT2D eigenvalue weighted by atomic mass is 10.1. The summed E-state index contributed by atoms with van der Waals surface area (Å²) < 4.78 is 0. The number of carbonyl (C=O) groups is 1. The van der Waals surface area contributed by atoms with Crippen LogP contribution in [0, 0.1) is 0 Å². The lowest BCUT2D eigenvalue weighted by Crippen LogP contribution is -2.29. The molecule has 1 aliphatic heterocycles. The number of H-pyrrole nitrogens is 1. The smallest absolute Gasteiger partial charge is 0.251 e. The first-order valence-electron chi connectivity index (χ1n) is 9.29. The van der Waals surface area contributed by atoms with Crippen molar-refractivity contribution in [2.24, 2.45) is 0 Å². The van der Waals surface area contributed by atoms with Crippen molar-refractivity contribution >= 4 is 16.9 Å². The molecule has 0 bridgehead atoms. The number of aromatic amines is 1. The van der Waals surface area contributed by atoms with Gasteiger partial charge in [-0.15, -0.1) is 0 Å². The monoisotopic (exact) mass is 348 g/mol. The van der Waals surface area contributed by atoms with Gasteiger partial charge in [0.2, 0.25) is 0 Å². The summed E-state index contributed by atoms with van der Waals surface area (Å²) in [4.78, 5) is 22.1. The van der Waals surface area contributed by atoms with Crippen LogP contribution in [0.3, 0.4) is 0 Å². The molecule has 1 aliphatic rings. The summed E-state index contributed by atoms with van der Waals surface area (Å²) in [6.45, 7) is 3.97. The molecule has 0 unspecified atom stereocenters. The molecule has 3 aromatic rings. The molecular weight excluding hydrogens is 324 g/mol. The third-order valence-corrected chi connectivity index (χ3v) is 5.01. The summed E-state index contributed by atoms with van der Waals surface area (Å²) in [5.41, 5.74) is 4.84. The van der Waals surface area contributed by atoms with Gasteiger partial charge >= 0.3 is 0 Å². The van der Waals surface area contributed by atoms with Crippen LogP contribution in [-0.2, 0) is 13.1 Å². The predicted molar refractivity (Wildman–Crippen MR) is 103 cm³/mol. The van der Waals surface area contributed by atoms with E-state index in [1.165, 1.54) is 37.9 Å². The van der Waals surface area contributed by atoms with E-state index in [-0.39, 0.29) is 5.91 Å². The first kappa shape index (κ1) is 16.8. The second-order valence-corrected chi connectivity index (χ2v) is 6.97. The fraction of sp³-hybridized carbons (Fsp3) is 0.333. The zero-order chi connectivity index (χ0) is 17.8. The van der Waals surface area contributed by atoms with Gasteiger partial charge < -0.3 is 10.3 Å². The number of hydrogen-bond donors (Lipinski definition) is 2. The van der Waals surface area contributed by atoms with Gasteiger partial charge in [0.05, 0.1) is 17.4 Å². The summed E-state index contributed by atoms with van der Waals surface area (Å²) in [6.07, 6.45) is 5.63. The van der Waals surface area contributed by atoms with Gasteiger partial charge in [0, 0.05) is 18.7 Å². The molecule has 4 rings (SSSR count). The second kappa shape index (κ2) is 7.70. The molecule has 1 amide bonds. The molecule has 1 saturated heterocycles. The number of carbonyl (C=O) groups excluding carboxylic acids is 1. The Morgan fingerprint density at radius 1 is 1.04 bits per heavy atom. The summed E-state index contributed by atoms with van der Waals surface area (Å²) in [7, 11) is 0. The van der Waals surface area contributed by atoms with E-state index in [2.05, 4.69) is 44.5 Å². The zero-order valence-corrected chi connectivity index (χ0v) is 14.9. The largest absolute Gasteiger partial charge is 0.348 e. The molecule has 0 aliphatic carbocycles. The lowest BCUT2D eigenvalue weighted by Gasteiger charge is -2.26. The number of fused-ring (bicyclic) bond motifs is 1. The Morgan fingerprint density at radius 2 is 1.81 bits per heavy atom. The minimum absolute atomic E-state index is 0.0705. The lowest BCUT2D eigenvalue weighted by molar-refractivity contribution is 0.0951. The SMILES string of the molecule is O=C(NCc1ccc(CN2CCCCC2)cc1)c1ccc2nc[nH]c2c1. The number of aromatic nitrogens is 2. The van der Waals surface area contributed by atoms with E-state index in [1.54, 1.807) is 12.4 Å². The molecular formula is C21H24N4O. The number of benzene rings is 2. The molecule has 134 valence electrons. The maximum Gasteiger partial charge on any atom is 0.251 e. The molecule has 26 heavy (non-hydrogen) atoms. The van der Waals surface area contributed by atoms with Crippen molar-refractivity contribution in [2.75, 3.05) is 13.1 Å². The van der Waals surface area contributed by atoms with Gasteiger partial charge in [-0.05, 0) is 55.3 Å². The zero-order valence-electron chi connectivity index (χ0n) is 14.9. The standard InChI is InChI=1S/C21H24N4O/c26-21(18-8-9-19-20(12-18)24-15-23-19)22-13-16-4-6-17(7-5-16)14-25-10-2-1-3-11-25/h4-9,12,15H,1-3,10-11,13-14H2,(H,22,26)(H,23,24).